The minimum absolute atomic E-state index is 0.843. The van der Waals surface area contributed by atoms with E-state index >= 15 is 0 Å². The quantitative estimate of drug-likeness (QED) is 0.778. The molecule has 2 aromatic heterocycles. The van der Waals surface area contributed by atoms with E-state index in [2.05, 4.69) is 53.6 Å². The molecule has 0 saturated carbocycles. The third-order valence-electron chi connectivity index (χ3n) is 3.01. The van der Waals surface area contributed by atoms with E-state index in [1.54, 1.807) is 11.3 Å². The molecule has 0 bridgehead atoms. The Morgan fingerprint density at radius 3 is 2.53 bits per heavy atom. The Kier molecular flexibility index (Phi) is 3.17. The Labute approximate surface area is 116 Å². The van der Waals surface area contributed by atoms with Gasteiger partial charge in [0.05, 0.1) is 4.88 Å². The lowest BCUT2D eigenvalue weighted by molar-refractivity contribution is 1.04. The molecule has 0 aliphatic heterocycles. The van der Waals surface area contributed by atoms with Crippen LogP contribution in [0, 0.1) is 6.92 Å². The van der Waals surface area contributed by atoms with Gasteiger partial charge in [0.1, 0.15) is 5.69 Å². The second kappa shape index (κ2) is 4.97. The Hall–Kier alpha value is -1.94. The average molecular weight is 269 g/mol. The topological polar surface area (TPSA) is 37.8 Å². The molecule has 0 atom stereocenters. The summed E-state index contributed by atoms with van der Waals surface area (Å²) in [6, 6.07) is 12.5. The first kappa shape index (κ1) is 12.1. The summed E-state index contributed by atoms with van der Waals surface area (Å²) in [6.07, 6.45) is 0. The molecule has 0 spiro atoms. The van der Waals surface area contributed by atoms with Crippen LogP contribution in [0.5, 0.6) is 0 Å². The summed E-state index contributed by atoms with van der Waals surface area (Å²) in [4.78, 5) is 2.46. The standard InChI is InChI=1S/C15H15N3S/c1-3-16-15-12-7-5-4-6-11(12)14(17-18-15)13-9-8-10(2)19-13/h4-9H,3H2,1-2H3,(H,16,18). The van der Waals surface area contributed by atoms with E-state index in [4.69, 9.17) is 0 Å². The van der Waals surface area contributed by atoms with Gasteiger partial charge in [0.15, 0.2) is 5.82 Å². The van der Waals surface area contributed by atoms with Crippen molar-refractivity contribution in [3.63, 3.8) is 0 Å². The summed E-state index contributed by atoms with van der Waals surface area (Å²) in [5.74, 6) is 0.857. The molecule has 0 aliphatic rings. The van der Waals surface area contributed by atoms with Crippen LogP contribution < -0.4 is 5.32 Å². The first-order chi connectivity index (χ1) is 9.29. The van der Waals surface area contributed by atoms with Crippen molar-refractivity contribution < 1.29 is 0 Å². The summed E-state index contributed by atoms with van der Waals surface area (Å²) in [5, 5.41) is 14.3. The number of aryl methyl sites for hydroxylation is 1. The van der Waals surface area contributed by atoms with Crippen molar-refractivity contribution in [1.29, 1.82) is 0 Å². The SMILES string of the molecule is CCNc1nnc(-c2ccc(C)s2)c2ccccc12. The summed E-state index contributed by atoms with van der Waals surface area (Å²) in [5.41, 5.74) is 0.968. The fourth-order valence-corrected chi connectivity index (χ4v) is 3.01. The van der Waals surface area contributed by atoms with Gasteiger partial charge in [-0.15, -0.1) is 21.5 Å². The summed E-state index contributed by atoms with van der Waals surface area (Å²) < 4.78 is 0. The van der Waals surface area contributed by atoms with Crippen molar-refractivity contribution in [3.05, 3.63) is 41.3 Å². The lowest BCUT2D eigenvalue weighted by Crippen LogP contribution is -2.02. The van der Waals surface area contributed by atoms with Crippen LogP contribution in [0.3, 0.4) is 0 Å². The van der Waals surface area contributed by atoms with E-state index in [0.29, 0.717) is 0 Å². The molecule has 0 unspecified atom stereocenters. The molecule has 0 radical (unpaired) electrons. The van der Waals surface area contributed by atoms with E-state index in [1.807, 2.05) is 12.1 Å². The van der Waals surface area contributed by atoms with Crippen molar-refractivity contribution in [2.75, 3.05) is 11.9 Å². The van der Waals surface area contributed by atoms with Crippen LogP contribution in [0.4, 0.5) is 5.82 Å². The molecule has 0 saturated heterocycles. The van der Waals surface area contributed by atoms with Gasteiger partial charge in [0.2, 0.25) is 0 Å². The average Bonchev–Trinajstić information content (AvgIpc) is 2.86. The van der Waals surface area contributed by atoms with Gasteiger partial charge in [-0.2, -0.15) is 0 Å². The number of aromatic nitrogens is 2. The maximum Gasteiger partial charge on any atom is 0.156 e. The molecule has 3 rings (SSSR count). The minimum atomic E-state index is 0.843. The minimum Gasteiger partial charge on any atom is -0.368 e. The van der Waals surface area contributed by atoms with Crippen LogP contribution in [0.1, 0.15) is 11.8 Å². The highest BCUT2D eigenvalue weighted by molar-refractivity contribution is 7.15. The van der Waals surface area contributed by atoms with Crippen LogP contribution in [0.2, 0.25) is 0 Å². The Bertz CT molecular complexity index is 718. The maximum atomic E-state index is 4.41. The van der Waals surface area contributed by atoms with Gasteiger partial charge in [-0.1, -0.05) is 24.3 Å². The fourth-order valence-electron chi connectivity index (χ4n) is 2.15. The third kappa shape index (κ3) is 2.19. The van der Waals surface area contributed by atoms with Gasteiger partial charge in [0, 0.05) is 22.2 Å². The molecule has 1 aromatic carbocycles. The third-order valence-corrected chi connectivity index (χ3v) is 4.01. The molecule has 3 nitrogen and oxygen atoms in total. The first-order valence-corrected chi connectivity index (χ1v) is 7.17. The van der Waals surface area contributed by atoms with Crippen LogP contribution in [-0.4, -0.2) is 16.7 Å². The molecule has 1 N–H and O–H groups in total. The zero-order valence-electron chi connectivity index (χ0n) is 11.0. The number of hydrogen-bond acceptors (Lipinski definition) is 4. The van der Waals surface area contributed by atoms with E-state index in [1.165, 1.54) is 9.75 Å². The number of fused-ring (bicyclic) bond motifs is 1. The molecule has 2 heterocycles. The lowest BCUT2D eigenvalue weighted by Gasteiger charge is -2.08. The monoisotopic (exact) mass is 269 g/mol. The number of hydrogen-bond donors (Lipinski definition) is 1. The highest BCUT2D eigenvalue weighted by atomic mass is 32.1. The van der Waals surface area contributed by atoms with Gasteiger partial charge in [-0.25, -0.2) is 0 Å². The van der Waals surface area contributed by atoms with E-state index in [0.717, 1.165) is 28.8 Å². The second-order valence-corrected chi connectivity index (χ2v) is 5.67. The zero-order chi connectivity index (χ0) is 13.2. The van der Waals surface area contributed by atoms with Gasteiger partial charge >= 0.3 is 0 Å². The number of anilines is 1. The smallest absolute Gasteiger partial charge is 0.156 e. The van der Waals surface area contributed by atoms with Gasteiger partial charge < -0.3 is 5.32 Å². The van der Waals surface area contributed by atoms with E-state index in [9.17, 15) is 0 Å². The Balaban J connectivity index is 2.24. The molecule has 96 valence electrons. The molecule has 0 fully saturated rings. The second-order valence-electron chi connectivity index (χ2n) is 4.38. The predicted octanol–water partition coefficient (Wildman–Crippen LogP) is 4.10. The largest absolute Gasteiger partial charge is 0.368 e. The van der Waals surface area contributed by atoms with Crippen molar-refractivity contribution in [2.45, 2.75) is 13.8 Å². The molecule has 0 amide bonds. The van der Waals surface area contributed by atoms with Crippen molar-refractivity contribution in [3.8, 4) is 10.6 Å². The molecular weight excluding hydrogens is 254 g/mol. The Morgan fingerprint density at radius 1 is 1.05 bits per heavy atom. The van der Waals surface area contributed by atoms with Crippen LogP contribution >= 0.6 is 11.3 Å². The fraction of sp³-hybridized carbons (Fsp3) is 0.200. The zero-order valence-corrected chi connectivity index (χ0v) is 11.8. The maximum absolute atomic E-state index is 4.41. The number of thiophene rings is 1. The van der Waals surface area contributed by atoms with E-state index < -0.39 is 0 Å². The van der Waals surface area contributed by atoms with Crippen molar-refractivity contribution >= 4 is 27.9 Å². The van der Waals surface area contributed by atoms with Gasteiger partial charge in [-0.05, 0) is 26.0 Å². The lowest BCUT2D eigenvalue weighted by atomic mass is 10.1. The number of nitrogens with one attached hydrogen (secondary N) is 1. The van der Waals surface area contributed by atoms with Crippen LogP contribution in [-0.2, 0) is 0 Å². The Morgan fingerprint density at radius 2 is 1.84 bits per heavy atom. The number of nitrogens with zero attached hydrogens (tertiary/aromatic N) is 2. The summed E-state index contributed by atoms with van der Waals surface area (Å²) in [6.45, 7) is 5.01. The molecule has 3 aromatic rings. The molecule has 4 heteroatoms. The van der Waals surface area contributed by atoms with Crippen molar-refractivity contribution in [2.24, 2.45) is 0 Å². The highest BCUT2D eigenvalue weighted by Crippen LogP contribution is 2.33. The highest BCUT2D eigenvalue weighted by Gasteiger charge is 2.11. The molecule has 0 aliphatic carbocycles. The summed E-state index contributed by atoms with van der Waals surface area (Å²) >= 11 is 1.75. The van der Waals surface area contributed by atoms with Crippen LogP contribution in [0.15, 0.2) is 36.4 Å². The predicted molar refractivity (Wildman–Crippen MR) is 81.8 cm³/mol. The summed E-state index contributed by atoms with van der Waals surface area (Å²) in [7, 11) is 0. The molecular formula is C15H15N3S. The van der Waals surface area contributed by atoms with Gasteiger partial charge in [-0.3, -0.25) is 0 Å². The van der Waals surface area contributed by atoms with E-state index in [-0.39, 0.29) is 0 Å². The number of benzene rings is 1. The first-order valence-electron chi connectivity index (χ1n) is 6.35. The molecule has 19 heavy (non-hydrogen) atoms. The van der Waals surface area contributed by atoms with Gasteiger partial charge in [0.25, 0.3) is 0 Å². The normalized spacial score (nSPS) is 10.8. The number of rotatable bonds is 3. The van der Waals surface area contributed by atoms with Crippen molar-refractivity contribution in [1.82, 2.24) is 10.2 Å². The van der Waals surface area contributed by atoms with Crippen LogP contribution in [0.25, 0.3) is 21.3 Å².